The molecule has 1 aromatic carbocycles. The van der Waals surface area contributed by atoms with Crippen LogP contribution in [0.1, 0.15) is 18.9 Å². The summed E-state index contributed by atoms with van der Waals surface area (Å²) in [5, 5.41) is 8.95. The summed E-state index contributed by atoms with van der Waals surface area (Å²) >= 11 is 0. The summed E-state index contributed by atoms with van der Waals surface area (Å²) in [5.41, 5.74) is -0.0139. The van der Waals surface area contributed by atoms with Gasteiger partial charge in [-0.3, -0.25) is 0 Å². The van der Waals surface area contributed by atoms with Crippen LogP contribution in [0, 0.1) is 11.6 Å². The van der Waals surface area contributed by atoms with E-state index in [2.05, 4.69) is 4.72 Å². The highest BCUT2D eigenvalue weighted by Crippen LogP contribution is 2.22. The number of nitrogens with one attached hydrogen (secondary N) is 1. The predicted molar refractivity (Wildman–Crippen MR) is 66.4 cm³/mol. The van der Waals surface area contributed by atoms with Crippen LogP contribution in [-0.2, 0) is 21.4 Å². The van der Waals surface area contributed by atoms with E-state index in [-0.39, 0.29) is 11.7 Å². The van der Waals surface area contributed by atoms with Crippen molar-refractivity contribution in [3.05, 3.63) is 29.3 Å². The summed E-state index contributed by atoms with van der Waals surface area (Å²) in [4.78, 5) is -0.805. The Bertz CT molecular complexity index is 606. The molecule has 2 unspecified atom stereocenters. The van der Waals surface area contributed by atoms with Crippen molar-refractivity contribution in [3.8, 4) is 0 Å². The molecule has 0 aromatic heterocycles. The molecule has 0 amide bonds. The van der Waals surface area contributed by atoms with Crippen molar-refractivity contribution in [1.29, 1.82) is 0 Å². The molecule has 2 rings (SSSR count). The molecule has 8 heteroatoms. The minimum Gasteiger partial charge on any atom is -0.392 e. The fraction of sp³-hybridized carbons (Fsp3) is 0.500. The van der Waals surface area contributed by atoms with E-state index in [1.54, 1.807) is 6.92 Å². The number of hydrogen-bond acceptors (Lipinski definition) is 4. The van der Waals surface area contributed by atoms with Crippen molar-refractivity contribution < 1.29 is 27.0 Å². The molecule has 1 aromatic rings. The SMILES string of the molecule is CC1OCCC1NS(=O)(=O)c1cc(CO)cc(F)c1F. The van der Waals surface area contributed by atoms with Gasteiger partial charge in [0, 0.05) is 6.61 Å². The van der Waals surface area contributed by atoms with E-state index < -0.39 is 39.2 Å². The van der Waals surface area contributed by atoms with Gasteiger partial charge in [0.2, 0.25) is 10.0 Å². The monoisotopic (exact) mass is 307 g/mol. The fourth-order valence-electron chi connectivity index (χ4n) is 2.05. The number of halogens is 2. The quantitative estimate of drug-likeness (QED) is 0.867. The van der Waals surface area contributed by atoms with Crippen LogP contribution in [0.15, 0.2) is 17.0 Å². The highest BCUT2D eigenvalue weighted by molar-refractivity contribution is 7.89. The van der Waals surface area contributed by atoms with E-state index in [0.717, 1.165) is 12.1 Å². The number of rotatable bonds is 4. The van der Waals surface area contributed by atoms with Crippen molar-refractivity contribution in [2.75, 3.05) is 6.61 Å². The first kappa shape index (κ1) is 15.3. The van der Waals surface area contributed by atoms with Gasteiger partial charge in [0.15, 0.2) is 11.6 Å². The Morgan fingerprint density at radius 2 is 2.15 bits per heavy atom. The first-order valence-electron chi connectivity index (χ1n) is 6.08. The van der Waals surface area contributed by atoms with Crippen LogP contribution in [0.3, 0.4) is 0 Å². The molecule has 5 nitrogen and oxygen atoms in total. The molecule has 0 radical (unpaired) electrons. The maximum Gasteiger partial charge on any atom is 0.243 e. The van der Waals surface area contributed by atoms with Crippen LogP contribution in [0.4, 0.5) is 8.78 Å². The Morgan fingerprint density at radius 1 is 1.45 bits per heavy atom. The minimum absolute atomic E-state index is 0.0139. The highest BCUT2D eigenvalue weighted by atomic mass is 32.2. The van der Waals surface area contributed by atoms with Crippen LogP contribution in [0.5, 0.6) is 0 Å². The molecule has 20 heavy (non-hydrogen) atoms. The zero-order valence-electron chi connectivity index (χ0n) is 10.8. The van der Waals surface area contributed by atoms with E-state index in [4.69, 9.17) is 9.84 Å². The Hall–Kier alpha value is -1.09. The van der Waals surface area contributed by atoms with Crippen LogP contribution in [-0.4, -0.2) is 32.3 Å². The third kappa shape index (κ3) is 2.98. The Kier molecular flexibility index (Phi) is 4.38. The van der Waals surface area contributed by atoms with E-state index in [1.165, 1.54) is 0 Å². The second-order valence-electron chi connectivity index (χ2n) is 4.64. The van der Waals surface area contributed by atoms with Gasteiger partial charge in [-0.2, -0.15) is 0 Å². The average molecular weight is 307 g/mol. The molecule has 1 aliphatic rings. The second-order valence-corrected chi connectivity index (χ2v) is 6.32. The van der Waals surface area contributed by atoms with Gasteiger partial charge in [-0.15, -0.1) is 0 Å². The summed E-state index contributed by atoms with van der Waals surface area (Å²) in [7, 11) is -4.22. The zero-order chi connectivity index (χ0) is 14.9. The van der Waals surface area contributed by atoms with Gasteiger partial charge in [-0.25, -0.2) is 21.9 Å². The smallest absolute Gasteiger partial charge is 0.243 e. The molecule has 0 bridgehead atoms. The van der Waals surface area contributed by atoms with Gasteiger partial charge in [0.25, 0.3) is 0 Å². The summed E-state index contributed by atoms with van der Waals surface area (Å²) < 4.78 is 58.8. The minimum atomic E-state index is -4.22. The molecular formula is C12H15F2NO4S. The van der Waals surface area contributed by atoms with Crippen LogP contribution < -0.4 is 4.72 Å². The molecule has 1 saturated heterocycles. The lowest BCUT2D eigenvalue weighted by Crippen LogP contribution is -2.39. The first-order valence-corrected chi connectivity index (χ1v) is 7.56. The number of hydrogen-bond donors (Lipinski definition) is 2. The zero-order valence-corrected chi connectivity index (χ0v) is 11.6. The third-order valence-electron chi connectivity index (χ3n) is 3.21. The largest absolute Gasteiger partial charge is 0.392 e. The van der Waals surface area contributed by atoms with Crippen molar-refractivity contribution in [2.24, 2.45) is 0 Å². The summed E-state index contributed by atoms with van der Waals surface area (Å²) in [6, 6.07) is 1.19. The second kappa shape index (κ2) is 5.72. The summed E-state index contributed by atoms with van der Waals surface area (Å²) in [6.45, 7) is 1.52. The van der Waals surface area contributed by atoms with E-state index in [1.807, 2.05) is 0 Å². The fourth-order valence-corrected chi connectivity index (χ4v) is 3.53. The molecule has 1 aliphatic heterocycles. The van der Waals surface area contributed by atoms with E-state index in [0.29, 0.717) is 13.0 Å². The van der Waals surface area contributed by atoms with Crippen LogP contribution in [0.25, 0.3) is 0 Å². The highest BCUT2D eigenvalue weighted by Gasteiger charge is 2.31. The standard InChI is InChI=1S/C12H15F2NO4S/c1-7-10(2-3-19-7)15-20(17,18)11-5-8(6-16)4-9(13)12(11)14/h4-5,7,10,15-16H,2-3,6H2,1H3. The van der Waals surface area contributed by atoms with Gasteiger partial charge in [-0.05, 0) is 31.0 Å². The molecule has 2 N–H and O–H groups in total. The normalized spacial score (nSPS) is 23.2. The number of benzene rings is 1. The lowest BCUT2D eigenvalue weighted by Gasteiger charge is -2.17. The van der Waals surface area contributed by atoms with Crippen LogP contribution >= 0.6 is 0 Å². The maximum absolute atomic E-state index is 13.7. The van der Waals surface area contributed by atoms with Gasteiger partial charge in [0.1, 0.15) is 4.90 Å². The molecule has 1 heterocycles. The van der Waals surface area contributed by atoms with E-state index >= 15 is 0 Å². The predicted octanol–water partition coefficient (Wildman–Crippen LogP) is 0.913. The Morgan fingerprint density at radius 3 is 2.70 bits per heavy atom. The summed E-state index contributed by atoms with van der Waals surface area (Å²) in [6.07, 6.45) is 0.128. The van der Waals surface area contributed by atoms with Gasteiger partial charge in [-0.1, -0.05) is 0 Å². The Balaban J connectivity index is 2.36. The maximum atomic E-state index is 13.7. The molecule has 0 saturated carbocycles. The number of aliphatic hydroxyl groups excluding tert-OH is 1. The first-order chi connectivity index (χ1) is 9.35. The third-order valence-corrected chi connectivity index (χ3v) is 4.70. The number of aliphatic hydroxyl groups is 1. The Labute approximate surface area is 115 Å². The molecule has 2 atom stereocenters. The van der Waals surface area contributed by atoms with Gasteiger partial charge >= 0.3 is 0 Å². The molecular weight excluding hydrogens is 292 g/mol. The van der Waals surface area contributed by atoms with Crippen LogP contribution in [0.2, 0.25) is 0 Å². The van der Waals surface area contributed by atoms with Crippen molar-refractivity contribution >= 4 is 10.0 Å². The molecule has 0 aliphatic carbocycles. The van der Waals surface area contributed by atoms with Crippen molar-refractivity contribution in [1.82, 2.24) is 4.72 Å². The molecule has 0 spiro atoms. The summed E-state index contributed by atoms with van der Waals surface area (Å²) in [5.74, 6) is -2.77. The molecule has 112 valence electrons. The van der Waals surface area contributed by atoms with E-state index in [9.17, 15) is 17.2 Å². The number of sulfonamides is 1. The molecule has 1 fully saturated rings. The lowest BCUT2D eigenvalue weighted by molar-refractivity contribution is 0.117. The van der Waals surface area contributed by atoms with Gasteiger partial charge in [0.05, 0.1) is 18.8 Å². The lowest BCUT2D eigenvalue weighted by atomic mass is 10.2. The topological polar surface area (TPSA) is 75.6 Å². The van der Waals surface area contributed by atoms with Gasteiger partial charge < -0.3 is 9.84 Å². The van der Waals surface area contributed by atoms with Crippen molar-refractivity contribution in [3.63, 3.8) is 0 Å². The average Bonchev–Trinajstić information content (AvgIpc) is 2.77. The number of ether oxygens (including phenoxy) is 1. The van der Waals surface area contributed by atoms with Crippen molar-refractivity contribution in [2.45, 2.75) is 37.0 Å².